The van der Waals surface area contributed by atoms with Crippen LogP contribution in [0.4, 0.5) is 0 Å². The molecule has 0 aromatic carbocycles. The zero-order chi connectivity index (χ0) is 14.6. The van der Waals surface area contributed by atoms with Crippen molar-refractivity contribution in [1.82, 2.24) is 4.90 Å². The van der Waals surface area contributed by atoms with Crippen LogP contribution in [0, 0.1) is 17.8 Å². The third-order valence-electron chi connectivity index (χ3n) is 6.24. The molecule has 7 atom stereocenters. The maximum atomic E-state index is 10.8. The van der Waals surface area contributed by atoms with Crippen LogP contribution in [0.15, 0.2) is 0 Å². The SMILES string of the molecule is COC1OC2OC3(CN4CCCCC4)C1C(C[C@H]3O)C2C. The van der Waals surface area contributed by atoms with E-state index in [0.717, 1.165) is 26.1 Å². The Morgan fingerprint density at radius 1 is 1.29 bits per heavy atom. The number of aliphatic hydroxyl groups is 1. The average Bonchev–Trinajstić information content (AvgIpc) is 2.75. The topological polar surface area (TPSA) is 51.2 Å². The normalized spacial score (nSPS) is 53.3. The van der Waals surface area contributed by atoms with Crippen LogP contribution >= 0.6 is 0 Å². The summed E-state index contributed by atoms with van der Waals surface area (Å²) in [7, 11) is 1.70. The zero-order valence-corrected chi connectivity index (χ0v) is 13.0. The Morgan fingerprint density at radius 3 is 2.76 bits per heavy atom. The summed E-state index contributed by atoms with van der Waals surface area (Å²) in [6, 6.07) is 0. The lowest BCUT2D eigenvalue weighted by molar-refractivity contribution is -0.410. The summed E-state index contributed by atoms with van der Waals surface area (Å²) < 4.78 is 17.8. The van der Waals surface area contributed by atoms with Crippen LogP contribution in [0.25, 0.3) is 0 Å². The zero-order valence-electron chi connectivity index (χ0n) is 13.0. The van der Waals surface area contributed by atoms with Gasteiger partial charge < -0.3 is 24.2 Å². The fourth-order valence-electron chi connectivity index (χ4n) is 5.13. The van der Waals surface area contributed by atoms with E-state index in [-0.39, 0.29) is 18.5 Å². The van der Waals surface area contributed by atoms with Gasteiger partial charge in [-0.1, -0.05) is 13.3 Å². The highest BCUT2D eigenvalue weighted by Crippen LogP contribution is 2.58. The molecule has 120 valence electrons. The summed E-state index contributed by atoms with van der Waals surface area (Å²) >= 11 is 0. The number of rotatable bonds is 3. The van der Waals surface area contributed by atoms with Gasteiger partial charge in [0.15, 0.2) is 12.6 Å². The van der Waals surface area contributed by atoms with Crippen LogP contribution in [0.3, 0.4) is 0 Å². The first-order valence-electron chi connectivity index (χ1n) is 8.42. The molecular weight excluding hydrogens is 270 g/mol. The smallest absolute Gasteiger partial charge is 0.166 e. The number of methoxy groups -OCH3 is 1. The van der Waals surface area contributed by atoms with Crippen molar-refractivity contribution in [1.29, 1.82) is 0 Å². The van der Waals surface area contributed by atoms with Gasteiger partial charge in [0, 0.05) is 25.5 Å². The lowest BCUT2D eigenvalue weighted by Crippen LogP contribution is -2.68. The van der Waals surface area contributed by atoms with Crippen molar-refractivity contribution in [3.05, 3.63) is 0 Å². The average molecular weight is 297 g/mol. The van der Waals surface area contributed by atoms with Gasteiger partial charge in [0.2, 0.25) is 0 Å². The second kappa shape index (κ2) is 5.17. The highest BCUT2D eigenvalue weighted by molar-refractivity contribution is 5.13. The molecule has 5 rings (SSSR count). The molecule has 0 spiro atoms. The van der Waals surface area contributed by atoms with Crippen LogP contribution in [0.5, 0.6) is 0 Å². The predicted molar refractivity (Wildman–Crippen MR) is 76.5 cm³/mol. The van der Waals surface area contributed by atoms with Crippen molar-refractivity contribution >= 4 is 0 Å². The quantitative estimate of drug-likeness (QED) is 0.848. The lowest BCUT2D eigenvalue weighted by atomic mass is 9.73. The van der Waals surface area contributed by atoms with Gasteiger partial charge in [0.1, 0.15) is 5.60 Å². The number of aliphatic hydroxyl groups excluding tert-OH is 1. The summed E-state index contributed by atoms with van der Waals surface area (Å²) in [5.41, 5.74) is -0.488. The molecule has 1 N–H and O–H groups in total. The highest BCUT2D eigenvalue weighted by Gasteiger charge is 2.69. The van der Waals surface area contributed by atoms with Gasteiger partial charge in [-0.15, -0.1) is 0 Å². The largest absolute Gasteiger partial charge is 0.390 e. The molecule has 5 fully saturated rings. The molecule has 4 bridgehead atoms. The Balaban J connectivity index is 1.62. The first-order valence-corrected chi connectivity index (χ1v) is 8.42. The fraction of sp³-hybridized carbons (Fsp3) is 1.00. The van der Waals surface area contributed by atoms with E-state index in [0.29, 0.717) is 11.8 Å². The summed E-state index contributed by atoms with van der Waals surface area (Å²) in [5, 5.41) is 10.8. The molecule has 5 aliphatic rings. The van der Waals surface area contributed by atoms with E-state index in [2.05, 4.69) is 11.8 Å². The van der Waals surface area contributed by atoms with Gasteiger partial charge in [-0.2, -0.15) is 0 Å². The second-order valence-electron chi connectivity index (χ2n) is 7.32. The third kappa shape index (κ3) is 2.01. The van der Waals surface area contributed by atoms with Gasteiger partial charge in [-0.3, -0.25) is 0 Å². The molecule has 5 heteroatoms. The van der Waals surface area contributed by atoms with Crippen LogP contribution in [0.1, 0.15) is 32.6 Å². The fourth-order valence-corrected chi connectivity index (χ4v) is 5.13. The minimum absolute atomic E-state index is 0.152. The van der Waals surface area contributed by atoms with E-state index in [1.54, 1.807) is 7.11 Å². The van der Waals surface area contributed by atoms with Gasteiger partial charge in [-0.05, 0) is 38.3 Å². The molecule has 1 aliphatic carbocycles. The van der Waals surface area contributed by atoms with Gasteiger partial charge >= 0.3 is 0 Å². The summed E-state index contributed by atoms with van der Waals surface area (Å²) in [4.78, 5) is 2.47. The van der Waals surface area contributed by atoms with Crippen molar-refractivity contribution in [3.63, 3.8) is 0 Å². The van der Waals surface area contributed by atoms with Gasteiger partial charge in [0.05, 0.1) is 6.10 Å². The molecule has 4 heterocycles. The van der Waals surface area contributed by atoms with E-state index >= 15 is 0 Å². The number of piperidine rings is 1. The number of fused-ring (bicyclic) bond motifs is 1. The van der Waals surface area contributed by atoms with Crippen LogP contribution < -0.4 is 0 Å². The molecule has 0 amide bonds. The van der Waals surface area contributed by atoms with Crippen LogP contribution in [-0.2, 0) is 14.2 Å². The Bertz CT molecular complexity index is 400. The van der Waals surface area contributed by atoms with Crippen LogP contribution in [-0.4, -0.2) is 61.0 Å². The Kier molecular flexibility index (Phi) is 3.54. The van der Waals surface area contributed by atoms with E-state index < -0.39 is 11.7 Å². The third-order valence-corrected chi connectivity index (χ3v) is 6.24. The van der Waals surface area contributed by atoms with Crippen molar-refractivity contribution in [2.24, 2.45) is 17.8 Å². The summed E-state index contributed by atoms with van der Waals surface area (Å²) in [6.45, 7) is 5.24. The predicted octanol–water partition coefficient (Wildman–Crippen LogP) is 1.20. The minimum atomic E-state index is -0.488. The molecule has 0 aromatic heterocycles. The molecule has 21 heavy (non-hydrogen) atoms. The van der Waals surface area contributed by atoms with Crippen LogP contribution in [0.2, 0.25) is 0 Å². The Labute approximate surface area is 126 Å². The maximum Gasteiger partial charge on any atom is 0.166 e. The molecule has 4 aliphatic heterocycles. The van der Waals surface area contributed by atoms with E-state index in [1.165, 1.54) is 19.3 Å². The van der Waals surface area contributed by atoms with Crippen molar-refractivity contribution < 1.29 is 19.3 Å². The van der Waals surface area contributed by atoms with Crippen molar-refractivity contribution in [3.8, 4) is 0 Å². The number of likely N-dealkylation sites (tertiary alicyclic amines) is 1. The lowest BCUT2D eigenvalue weighted by Gasteiger charge is -2.56. The van der Waals surface area contributed by atoms with E-state index in [4.69, 9.17) is 14.2 Å². The Hall–Kier alpha value is -0.200. The number of hydrogen-bond donors (Lipinski definition) is 1. The van der Waals surface area contributed by atoms with E-state index in [9.17, 15) is 5.11 Å². The number of nitrogens with zero attached hydrogens (tertiary/aromatic N) is 1. The second-order valence-corrected chi connectivity index (χ2v) is 7.32. The molecule has 1 saturated carbocycles. The highest BCUT2D eigenvalue weighted by atomic mass is 16.8. The summed E-state index contributed by atoms with van der Waals surface area (Å²) in [6.07, 6.45) is 3.79. The van der Waals surface area contributed by atoms with Gasteiger partial charge in [0.25, 0.3) is 0 Å². The first-order chi connectivity index (χ1) is 10.2. The molecule has 5 nitrogen and oxygen atoms in total. The number of ether oxygens (including phenoxy) is 3. The summed E-state index contributed by atoms with van der Waals surface area (Å²) in [5.74, 6) is 0.940. The molecular formula is C16H27NO4. The maximum absolute atomic E-state index is 10.8. The minimum Gasteiger partial charge on any atom is -0.390 e. The molecule has 6 unspecified atom stereocenters. The monoisotopic (exact) mass is 297 g/mol. The standard InChI is InChI=1S/C16H27NO4/c1-10-11-8-12(18)16(9-17-6-4-3-5-7-17)13(11)15(19-2)20-14(10)21-16/h10-15,18H,3-9H2,1-2H3/t10?,11?,12-,13?,14?,15?,16?/m1/s1. The Morgan fingerprint density at radius 2 is 2.05 bits per heavy atom. The number of hydrogen-bond acceptors (Lipinski definition) is 5. The van der Waals surface area contributed by atoms with Gasteiger partial charge in [-0.25, -0.2) is 0 Å². The first kappa shape index (κ1) is 14.4. The molecule has 0 aromatic rings. The van der Waals surface area contributed by atoms with Crippen molar-refractivity contribution in [2.45, 2.75) is 56.9 Å². The molecule has 0 radical (unpaired) electrons. The molecule has 4 saturated heterocycles. The van der Waals surface area contributed by atoms with Crippen molar-refractivity contribution in [2.75, 3.05) is 26.7 Å². The van der Waals surface area contributed by atoms with E-state index in [1.807, 2.05) is 0 Å².